The number of ether oxygens (including phenoxy) is 2. The molecule has 0 spiro atoms. The molecule has 1 fully saturated rings. The Bertz CT molecular complexity index is 1770. The molecule has 0 radical (unpaired) electrons. The Balaban J connectivity index is 1.64. The smallest absolute Gasteiger partial charge is 0.395 e. The van der Waals surface area contributed by atoms with Crippen molar-refractivity contribution in [3.8, 4) is 11.5 Å². The van der Waals surface area contributed by atoms with E-state index in [0.717, 1.165) is 6.07 Å². The molecular formula is C28H30F3NO5. The molecule has 1 aliphatic carbocycles. The van der Waals surface area contributed by atoms with Crippen molar-refractivity contribution in [3.05, 3.63) is 59.0 Å². The van der Waals surface area contributed by atoms with Gasteiger partial charge in [0.15, 0.2) is 11.5 Å². The SMILES string of the molecule is [2H]c1c([2H])c(C2(C(=O)Cc3cc4cc(C(C)(C)CC)n(C[C@@H](O)C([2H])([2H])O)c4cc3F)C([2H])([2H])C2([2H])[2H])c([2H])c2c1OC(F)(F)O2. The average Bonchev–Trinajstić information content (AvgIpc) is 3.26. The number of aromatic nitrogens is 1. The van der Waals surface area contributed by atoms with Crippen LogP contribution in [0.25, 0.3) is 10.9 Å². The van der Waals surface area contributed by atoms with E-state index < -0.39 is 102 Å². The predicted octanol–water partition coefficient (Wildman–Crippen LogP) is 4.99. The summed E-state index contributed by atoms with van der Waals surface area (Å²) in [6.07, 6.45) is -12.9. The molecule has 1 aromatic heterocycles. The van der Waals surface area contributed by atoms with E-state index in [1.165, 1.54) is 10.6 Å². The van der Waals surface area contributed by atoms with Gasteiger partial charge in [0, 0.05) is 28.4 Å². The van der Waals surface area contributed by atoms with Crippen LogP contribution in [0.4, 0.5) is 13.2 Å². The van der Waals surface area contributed by atoms with Crippen LogP contribution < -0.4 is 9.47 Å². The Kier molecular flexibility index (Phi) is 3.97. The van der Waals surface area contributed by atoms with Gasteiger partial charge in [-0.1, -0.05) is 26.8 Å². The molecule has 2 aromatic carbocycles. The lowest BCUT2D eigenvalue weighted by atomic mass is 9.86. The van der Waals surface area contributed by atoms with Crippen LogP contribution in [-0.4, -0.2) is 39.5 Å². The summed E-state index contributed by atoms with van der Waals surface area (Å²) in [4.78, 5) is 14.0. The van der Waals surface area contributed by atoms with Crippen molar-refractivity contribution in [3.63, 3.8) is 0 Å². The van der Waals surface area contributed by atoms with Crippen molar-refractivity contribution < 1.29 is 50.0 Å². The van der Waals surface area contributed by atoms with Crippen LogP contribution in [0.5, 0.6) is 11.5 Å². The minimum absolute atomic E-state index is 0.165. The molecule has 2 N–H and O–H groups in total. The third-order valence-electron chi connectivity index (χ3n) is 6.86. The van der Waals surface area contributed by atoms with E-state index in [-0.39, 0.29) is 11.1 Å². The Morgan fingerprint density at radius 2 is 1.97 bits per heavy atom. The first-order valence-corrected chi connectivity index (χ1v) is 11.5. The van der Waals surface area contributed by atoms with Gasteiger partial charge in [0.25, 0.3) is 0 Å². The average molecular weight is 527 g/mol. The number of halogens is 3. The first-order valence-electron chi connectivity index (χ1n) is 16.0. The van der Waals surface area contributed by atoms with Gasteiger partial charge in [0.2, 0.25) is 0 Å². The minimum Gasteiger partial charge on any atom is -0.395 e. The monoisotopic (exact) mass is 526 g/mol. The molecule has 5 rings (SSSR count). The maximum atomic E-state index is 15.7. The number of nitrogens with zero attached hydrogens (tertiary/aromatic N) is 1. The van der Waals surface area contributed by atoms with E-state index in [0.29, 0.717) is 17.5 Å². The molecule has 0 bridgehead atoms. The van der Waals surface area contributed by atoms with Gasteiger partial charge in [-0.25, -0.2) is 4.39 Å². The fourth-order valence-corrected chi connectivity index (χ4v) is 4.36. The molecule has 0 amide bonds. The number of aliphatic hydroxyl groups is 2. The number of benzene rings is 2. The number of ketones is 1. The first-order chi connectivity index (χ1) is 20.9. The van der Waals surface area contributed by atoms with Gasteiger partial charge in [0.1, 0.15) is 11.6 Å². The molecule has 1 saturated carbocycles. The van der Waals surface area contributed by atoms with Crippen molar-refractivity contribution >= 4 is 16.7 Å². The molecule has 3 aromatic rings. The summed E-state index contributed by atoms with van der Waals surface area (Å²) in [7, 11) is 0. The lowest BCUT2D eigenvalue weighted by molar-refractivity contribution is -0.286. The summed E-state index contributed by atoms with van der Waals surface area (Å²) in [6.45, 7) is 2.11. The minimum atomic E-state index is -4.34. The summed E-state index contributed by atoms with van der Waals surface area (Å²) in [5, 5.41) is 20.3. The standard InChI is InChI=1S/C28H30F3NO5/c1-4-26(2,3)24-10-17-9-16(20(29)13-21(17)32(24)14-19(34)15-33)11-25(35)27(7-8-27)18-5-6-22-23(12-18)37-28(30,31)36-22/h5-6,9-10,12-13,19,33-34H,4,7-8,11,14-15H2,1-3H3/t19-/m1/s1/i5D,6D,7D2,8D2,12D,15D2. The van der Waals surface area contributed by atoms with Crippen molar-refractivity contribution in [1.82, 2.24) is 4.57 Å². The number of rotatable bonds is 9. The molecule has 0 saturated heterocycles. The second-order valence-corrected chi connectivity index (χ2v) is 9.70. The van der Waals surface area contributed by atoms with E-state index >= 15 is 4.39 Å². The Hall–Kier alpha value is -3.04. The summed E-state index contributed by atoms with van der Waals surface area (Å²) < 4.78 is 127. The number of aliphatic hydroxyl groups excluding tert-OH is 1. The Morgan fingerprint density at radius 3 is 2.62 bits per heavy atom. The van der Waals surface area contributed by atoms with E-state index in [1.54, 1.807) is 6.07 Å². The first kappa shape index (κ1) is 16.7. The number of hydrogen-bond donors (Lipinski definition) is 2. The van der Waals surface area contributed by atoms with Crippen LogP contribution in [0.3, 0.4) is 0 Å². The van der Waals surface area contributed by atoms with Crippen LogP contribution in [-0.2, 0) is 28.6 Å². The molecule has 1 atom stereocenters. The van der Waals surface area contributed by atoms with Crippen molar-refractivity contribution in [2.24, 2.45) is 0 Å². The highest BCUT2D eigenvalue weighted by Crippen LogP contribution is 2.52. The number of Topliss-reactive ketones (excluding diaryl/α,β-unsaturated/α-hetero) is 1. The van der Waals surface area contributed by atoms with E-state index in [1.807, 2.05) is 20.8 Å². The normalized spacial score (nSPS) is 24.9. The van der Waals surface area contributed by atoms with E-state index in [4.69, 9.17) is 12.3 Å². The highest BCUT2D eigenvalue weighted by Gasteiger charge is 2.52. The maximum absolute atomic E-state index is 15.7. The Morgan fingerprint density at radius 1 is 1.27 bits per heavy atom. The lowest BCUT2D eigenvalue weighted by Gasteiger charge is -2.26. The van der Waals surface area contributed by atoms with Crippen molar-refractivity contribution in [2.75, 3.05) is 6.56 Å². The third kappa shape index (κ3) is 4.48. The predicted molar refractivity (Wildman–Crippen MR) is 131 cm³/mol. The summed E-state index contributed by atoms with van der Waals surface area (Å²) in [5.74, 6) is -4.42. The van der Waals surface area contributed by atoms with Gasteiger partial charge in [-0.15, -0.1) is 8.78 Å². The molecule has 0 unspecified atom stereocenters. The van der Waals surface area contributed by atoms with Gasteiger partial charge in [-0.3, -0.25) is 4.79 Å². The lowest BCUT2D eigenvalue weighted by Crippen LogP contribution is -2.26. The van der Waals surface area contributed by atoms with Crippen LogP contribution >= 0.6 is 0 Å². The number of alkyl halides is 2. The maximum Gasteiger partial charge on any atom is 0.586 e. The zero-order valence-electron chi connectivity index (χ0n) is 29.1. The van der Waals surface area contributed by atoms with E-state index in [9.17, 15) is 23.8 Å². The zero-order chi connectivity index (χ0) is 34.7. The molecular weight excluding hydrogens is 487 g/mol. The second kappa shape index (κ2) is 8.77. The topological polar surface area (TPSA) is 80.9 Å². The number of fused-ring (bicyclic) bond motifs is 2. The third-order valence-corrected chi connectivity index (χ3v) is 6.86. The quantitative estimate of drug-likeness (QED) is 0.411. The van der Waals surface area contributed by atoms with Crippen LogP contribution in [0, 0.1) is 5.82 Å². The van der Waals surface area contributed by atoms with Gasteiger partial charge >= 0.3 is 6.29 Å². The number of hydrogen-bond acceptors (Lipinski definition) is 5. The molecule has 2 aliphatic rings. The molecule has 6 nitrogen and oxygen atoms in total. The van der Waals surface area contributed by atoms with Crippen LogP contribution in [0.2, 0.25) is 0 Å². The molecule has 198 valence electrons. The van der Waals surface area contributed by atoms with E-state index in [2.05, 4.69) is 9.47 Å². The van der Waals surface area contributed by atoms with Gasteiger partial charge in [-0.2, -0.15) is 0 Å². The summed E-state index contributed by atoms with van der Waals surface area (Å²) in [5.41, 5.74) is -4.25. The van der Waals surface area contributed by atoms with Crippen LogP contribution in [0.1, 0.15) is 69.1 Å². The molecule has 1 aliphatic heterocycles. The molecule has 37 heavy (non-hydrogen) atoms. The van der Waals surface area contributed by atoms with Crippen molar-refractivity contribution in [2.45, 2.75) is 76.1 Å². The van der Waals surface area contributed by atoms with Gasteiger partial charge < -0.3 is 24.3 Å². The fourth-order valence-electron chi connectivity index (χ4n) is 4.36. The molecule has 9 heteroatoms. The van der Waals surface area contributed by atoms with Gasteiger partial charge in [0.05, 0.1) is 37.0 Å². The highest BCUT2D eigenvalue weighted by molar-refractivity contribution is 5.95. The second-order valence-electron chi connectivity index (χ2n) is 9.70. The Labute approximate surface area is 225 Å². The zero-order valence-corrected chi connectivity index (χ0v) is 20.1. The summed E-state index contributed by atoms with van der Waals surface area (Å²) in [6, 6.07) is 0.504. The fraction of sp³-hybridized carbons (Fsp3) is 0.464. The van der Waals surface area contributed by atoms with Crippen molar-refractivity contribution in [1.29, 1.82) is 0 Å². The largest absolute Gasteiger partial charge is 0.586 e. The van der Waals surface area contributed by atoms with Crippen LogP contribution in [0.15, 0.2) is 36.3 Å². The highest BCUT2D eigenvalue weighted by atomic mass is 19.3. The van der Waals surface area contributed by atoms with Gasteiger partial charge in [-0.05, 0) is 60.6 Å². The molecule has 2 heterocycles. The summed E-state index contributed by atoms with van der Waals surface area (Å²) >= 11 is 0. The number of carbonyl (C=O) groups is 1. The number of carbonyl (C=O) groups excluding carboxylic acids is 1.